The summed E-state index contributed by atoms with van der Waals surface area (Å²) in [6.07, 6.45) is -6.03. The molecule has 0 bridgehead atoms. The lowest BCUT2D eigenvalue weighted by molar-refractivity contribution is -0.303. The number of hydrogen-bond acceptors (Lipinski definition) is 8. The number of methoxy groups -OCH3 is 1. The molecule has 1 aliphatic heterocycles. The van der Waals surface area contributed by atoms with Crippen molar-refractivity contribution < 1.29 is 38.4 Å². The standard InChI is InChI=1S/C23H26O8/c1-15(24)30-19-18(28-13-16-9-5-3-6-10-16)20(23(26)31-21(19)22(25)27-2)29-14-17-11-7-4-8-12-17/h3-12,18-21,23,26H,13-14H2,1-2H3/t18-,19+,20+,21-,23-/m0/s1. The highest BCUT2D eigenvalue weighted by atomic mass is 16.7. The maximum absolute atomic E-state index is 12.3. The van der Waals surface area contributed by atoms with Gasteiger partial charge in [0.1, 0.15) is 12.2 Å². The fourth-order valence-corrected chi connectivity index (χ4v) is 3.35. The molecule has 8 heteroatoms. The van der Waals surface area contributed by atoms with Gasteiger partial charge in [0.2, 0.25) is 0 Å². The normalized spacial score (nSPS) is 25.6. The summed E-state index contributed by atoms with van der Waals surface area (Å²) in [4.78, 5) is 24.0. The molecule has 0 unspecified atom stereocenters. The van der Waals surface area contributed by atoms with Gasteiger partial charge >= 0.3 is 11.9 Å². The number of ether oxygens (including phenoxy) is 5. The molecule has 0 saturated carbocycles. The minimum absolute atomic E-state index is 0.148. The lowest BCUT2D eigenvalue weighted by Crippen LogP contribution is -2.62. The van der Waals surface area contributed by atoms with Gasteiger partial charge in [-0.3, -0.25) is 4.79 Å². The van der Waals surface area contributed by atoms with Gasteiger partial charge in [-0.2, -0.15) is 0 Å². The summed E-state index contributed by atoms with van der Waals surface area (Å²) >= 11 is 0. The molecule has 5 atom stereocenters. The van der Waals surface area contributed by atoms with Crippen molar-refractivity contribution in [1.82, 2.24) is 0 Å². The summed E-state index contributed by atoms with van der Waals surface area (Å²) in [6, 6.07) is 18.7. The first-order valence-electron chi connectivity index (χ1n) is 9.89. The number of carbonyl (C=O) groups excluding carboxylic acids is 2. The Morgan fingerprint density at radius 1 is 0.871 bits per heavy atom. The lowest BCUT2D eigenvalue weighted by Gasteiger charge is -2.42. The van der Waals surface area contributed by atoms with E-state index in [1.54, 1.807) is 0 Å². The van der Waals surface area contributed by atoms with Crippen LogP contribution >= 0.6 is 0 Å². The van der Waals surface area contributed by atoms with Crippen molar-refractivity contribution in [3.8, 4) is 0 Å². The van der Waals surface area contributed by atoms with Crippen LogP contribution in [0.25, 0.3) is 0 Å². The molecule has 0 aromatic heterocycles. The molecular weight excluding hydrogens is 404 g/mol. The van der Waals surface area contributed by atoms with Gasteiger partial charge in [0.25, 0.3) is 0 Å². The van der Waals surface area contributed by atoms with E-state index in [0.29, 0.717) is 0 Å². The average molecular weight is 430 g/mol. The van der Waals surface area contributed by atoms with Gasteiger partial charge < -0.3 is 28.8 Å². The minimum Gasteiger partial charge on any atom is -0.467 e. The Kier molecular flexibility index (Phi) is 8.13. The molecular formula is C23H26O8. The predicted molar refractivity (Wildman–Crippen MR) is 108 cm³/mol. The lowest BCUT2D eigenvalue weighted by atomic mass is 9.97. The van der Waals surface area contributed by atoms with Crippen LogP contribution in [0.3, 0.4) is 0 Å². The van der Waals surface area contributed by atoms with E-state index in [1.807, 2.05) is 60.7 Å². The van der Waals surface area contributed by atoms with Gasteiger partial charge in [-0.05, 0) is 11.1 Å². The van der Waals surface area contributed by atoms with Crippen LogP contribution in [0, 0.1) is 0 Å². The van der Waals surface area contributed by atoms with Crippen molar-refractivity contribution in [2.24, 2.45) is 0 Å². The summed E-state index contributed by atoms with van der Waals surface area (Å²) in [5.74, 6) is -1.42. The van der Waals surface area contributed by atoms with Crippen LogP contribution in [0.5, 0.6) is 0 Å². The molecule has 2 aromatic carbocycles. The molecule has 0 radical (unpaired) electrons. The number of aliphatic hydroxyl groups excluding tert-OH is 1. The van der Waals surface area contributed by atoms with Gasteiger partial charge in [0.05, 0.1) is 20.3 Å². The topological polar surface area (TPSA) is 101 Å². The third-order valence-corrected chi connectivity index (χ3v) is 4.82. The van der Waals surface area contributed by atoms with Gasteiger partial charge in [-0.1, -0.05) is 60.7 Å². The largest absolute Gasteiger partial charge is 0.467 e. The van der Waals surface area contributed by atoms with Crippen molar-refractivity contribution >= 4 is 11.9 Å². The van der Waals surface area contributed by atoms with Crippen molar-refractivity contribution in [3.63, 3.8) is 0 Å². The Bertz CT molecular complexity index is 841. The maximum atomic E-state index is 12.3. The predicted octanol–water partition coefficient (Wildman–Crippen LogP) is 1.98. The zero-order valence-electron chi connectivity index (χ0n) is 17.4. The number of esters is 2. The van der Waals surface area contributed by atoms with Crippen molar-refractivity contribution in [1.29, 1.82) is 0 Å². The van der Waals surface area contributed by atoms with E-state index in [2.05, 4.69) is 0 Å². The monoisotopic (exact) mass is 430 g/mol. The van der Waals surface area contributed by atoms with E-state index in [9.17, 15) is 14.7 Å². The average Bonchev–Trinajstić information content (AvgIpc) is 2.78. The third kappa shape index (κ3) is 6.11. The molecule has 0 amide bonds. The first kappa shape index (κ1) is 22.9. The second-order valence-electron chi connectivity index (χ2n) is 7.07. The van der Waals surface area contributed by atoms with Gasteiger partial charge in [-0.15, -0.1) is 0 Å². The fraction of sp³-hybridized carbons (Fsp3) is 0.391. The minimum atomic E-state index is -1.50. The van der Waals surface area contributed by atoms with Gasteiger partial charge in [-0.25, -0.2) is 4.79 Å². The Morgan fingerprint density at radius 2 is 1.39 bits per heavy atom. The van der Waals surface area contributed by atoms with Crippen molar-refractivity contribution in [2.75, 3.05) is 7.11 Å². The molecule has 31 heavy (non-hydrogen) atoms. The summed E-state index contributed by atoms with van der Waals surface area (Å²) in [5, 5.41) is 10.6. The molecule has 1 aliphatic rings. The van der Waals surface area contributed by atoms with E-state index in [0.717, 1.165) is 11.1 Å². The number of rotatable bonds is 8. The summed E-state index contributed by atoms with van der Waals surface area (Å²) in [6.45, 7) is 1.52. The second-order valence-corrected chi connectivity index (χ2v) is 7.07. The van der Waals surface area contributed by atoms with Crippen LogP contribution in [0.15, 0.2) is 60.7 Å². The van der Waals surface area contributed by atoms with Crippen LogP contribution in [0.4, 0.5) is 0 Å². The third-order valence-electron chi connectivity index (χ3n) is 4.82. The molecule has 3 rings (SSSR count). The first-order valence-corrected chi connectivity index (χ1v) is 9.89. The van der Waals surface area contributed by atoms with Crippen molar-refractivity contribution in [3.05, 3.63) is 71.8 Å². The zero-order valence-corrected chi connectivity index (χ0v) is 17.4. The van der Waals surface area contributed by atoms with E-state index in [-0.39, 0.29) is 13.2 Å². The van der Waals surface area contributed by atoms with Crippen LogP contribution in [0.1, 0.15) is 18.1 Å². The van der Waals surface area contributed by atoms with Crippen LogP contribution < -0.4 is 0 Å². The van der Waals surface area contributed by atoms with E-state index in [1.165, 1.54) is 14.0 Å². The molecule has 1 N–H and O–H groups in total. The fourth-order valence-electron chi connectivity index (χ4n) is 3.35. The molecule has 1 fully saturated rings. The number of carbonyl (C=O) groups is 2. The van der Waals surface area contributed by atoms with Crippen LogP contribution in [0.2, 0.25) is 0 Å². The first-order chi connectivity index (χ1) is 15.0. The Labute approximate surface area is 180 Å². The summed E-state index contributed by atoms with van der Waals surface area (Å²) in [5.41, 5.74) is 1.73. The highest BCUT2D eigenvalue weighted by Gasteiger charge is 2.52. The molecule has 1 saturated heterocycles. The highest BCUT2D eigenvalue weighted by Crippen LogP contribution is 2.29. The van der Waals surface area contributed by atoms with Gasteiger partial charge in [0, 0.05) is 6.92 Å². The van der Waals surface area contributed by atoms with Gasteiger partial charge in [0.15, 0.2) is 18.5 Å². The molecule has 8 nitrogen and oxygen atoms in total. The molecule has 0 spiro atoms. The SMILES string of the molecule is COC(=O)[C@H]1O[C@H](O)[C@H](OCc2ccccc2)[C@@H](OCc2ccccc2)[C@H]1OC(C)=O. The zero-order chi connectivity index (χ0) is 22.2. The van der Waals surface area contributed by atoms with E-state index >= 15 is 0 Å². The quantitative estimate of drug-likeness (QED) is 0.635. The van der Waals surface area contributed by atoms with E-state index in [4.69, 9.17) is 23.7 Å². The Balaban J connectivity index is 1.85. The molecule has 166 valence electrons. The summed E-state index contributed by atoms with van der Waals surface area (Å²) in [7, 11) is 1.18. The Morgan fingerprint density at radius 3 is 1.87 bits per heavy atom. The number of aliphatic hydroxyl groups is 1. The molecule has 2 aromatic rings. The van der Waals surface area contributed by atoms with Crippen LogP contribution in [-0.4, -0.2) is 54.9 Å². The maximum Gasteiger partial charge on any atom is 0.339 e. The van der Waals surface area contributed by atoms with E-state index < -0.39 is 42.6 Å². The Hall–Kier alpha value is -2.78. The molecule has 1 heterocycles. The van der Waals surface area contributed by atoms with Crippen molar-refractivity contribution in [2.45, 2.75) is 50.8 Å². The smallest absolute Gasteiger partial charge is 0.339 e. The summed E-state index contributed by atoms with van der Waals surface area (Å²) < 4.78 is 27.5. The second kappa shape index (κ2) is 11.0. The number of hydrogen-bond donors (Lipinski definition) is 1. The highest BCUT2D eigenvalue weighted by molar-refractivity contribution is 5.76. The number of benzene rings is 2. The molecule has 0 aliphatic carbocycles. The van der Waals surface area contributed by atoms with Crippen LogP contribution in [-0.2, 0) is 46.5 Å².